The summed E-state index contributed by atoms with van der Waals surface area (Å²) in [6.45, 7) is 1.98. The molecule has 23 heavy (non-hydrogen) atoms. The maximum Gasteiger partial charge on any atom is 0.251 e. The second kappa shape index (κ2) is 7.87. The number of carbonyl (C=O) groups is 1. The third-order valence-corrected chi connectivity index (χ3v) is 4.29. The van der Waals surface area contributed by atoms with E-state index in [4.69, 9.17) is 14.2 Å². The molecule has 124 valence electrons. The number of methoxy groups -OCH3 is 3. The van der Waals surface area contributed by atoms with E-state index in [1.54, 1.807) is 23.5 Å². The Hall–Kier alpha value is -2.21. The molecule has 1 N–H and O–H groups in total. The molecule has 0 aliphatic carbocycles. The van der Waals surface area contributed by atoms with Crippen molar-refractivity contribution in [3.05, 3.63) is 40.1 Å². The molecule has 2 rings (SSSR count). The van der Waals surface area contributed by atoms with E-state index in [1.807, 2.05) is 18.4 Å². The van der Waals surface area contributed by atoms with E-state index in [9.17, 15) is 4.79 Å². The molecule has 1 unspecified atom stereocenters. The molecule has 0 bridgehead atoms. The lowest BCUT2D eigenvalue weighted by Crippen LogP contribution is -2.33. The van der Waals surface area contributed by atoms with Crippen LogP contribution >= 0.6 is 11.3 Å². The Morgan fingerprint density at radius 1 is 1.17 bits per heavy atom. The molecule has 0 aliphatic heterocycles. The zero-order valence-electron chi connectivity index (χ0n) is 13.7. The minimum atomic E-state index is -0.173. The van der Waals surface area contributed by atoms with Crippen molar-refractivity contribution < 1.29 is 19.0 Å². The number of hydrogen-bond donors (Lipinski definition) is 1. The maximum atomic E-state index is 12.5. The van der Waals surface area contributed by atoms with Crippen LogP contribution < -0.4 is 19.5 Å². The average molecular weight is 335 g/mol. The van der Waals surface area contributed by atoms with Gasteiger partial charge in [0.15, 0.2) is 11.5 Å². The van der Waals surface area contributed by atoms with Crippen molar-refractivity contribution in [3.8, 4) is 17.2 Å². The summed E-state index contributed by atoms with van der Waals surface area (Å²) in [5.41, 5.74) is 0.470. The first-order valence-corrected chi connectivity index (χ1v) is 8.10. The van der Waals surface area contributed by atoms with E-state index in [2.05, 4.69) is 11.4 Å². The summed E-state index contributed by atoms with van der Waals surface area (Å²) in [5, 5.41) is 5.02. The molecule has 2 aromatic rings. The number of nitrogens with one attached hydrogen (secondary N) is 1. The first kappa shape index (κ1) is 17.1. The van der Waals surface area contributed by atoms with Crippen molar-refractivity contribution in [1.29, 1.82) is 0 Å². The fraction of sp³-hybridized carbons (Fsp3) is 0.353. The summed E-state index contributed by atoms with van der Waals surface area (Å²) in [4.78, 5) is 13.7. The fourth-order valence-corrected chi connectivity index (χ4v) is 3.14. The van der Waals surface area contributed by atoms with Gasteiger partial charge in [-0.15, -0.1) is 11.3 Å². The molecule has 5 nitrogen and oxygen atoms in total. The Morgan fingerprint density at radius 2 is 1.83 bits per heavy atom. The number of carbonyl (C=O) groups excluding carboxylic acids is 1. The zero-order chi connectivity index (χ0) is 16.8. The van der Waals surface area contributed by atoms with E-state index in [0.717, 1.165) is 6.42 Å². The molecule has 0 fully saturated rings. The van der Waals surface area contributed by atoms with Gasteiger partial charge in [0.1, 0.15) is 0 Å². The molecule has 0 saturated heterocycles. The van der Waals surface area contributed by atoms with Crippen LogP contribution in [-0.4, -0.2) is 33.3 Å². The minimum absolute atomic E-state index is 0.0280. The normalized spacial score (nSPS) is 11.7. The van der Waals surface area contributed by atoms with Crippen LogP contribution in [0.4, 0.5) is 0 Å². The molecule has 0 radical (unpaired) electrons. The monoisotopic (exact) mass is 335 g/mol. The second-order valence-electron chi connectivity index (χ2n) is 5.07. The van der Waals surface area contributed by atoms with Crippen LogP contribution in [0.5, 0.6) is 17.2 Å². The third kappa shape index (κ3) is 4.16. The molecule has 0 saturated carbocycles. The van der Waals surface area contributed by atoms with Crippen LogP contribution in [-0.2, 0) is 6.42 Å². The van der Waals surface area contributed by atoms with E-state index >= 15 is 0 Å². The van der Waals surface area contributed by atoms with E-state index in [-0.39, 0.29) is 11.9 Å². The van der Waals surface area contributed by atoms with Gasteiger partial charge in [-0.1, -0.05) is 6.07 Å². The first-order valence-electron chi connectivity index (χ1n) is 7.22. The number of thiophene rings is 1. The summed E-state index contributed by atoms with van der Waals surface area (Å²) in [6.07, 6.45) is 0.799. The Kier molecular flexibility index (Phi) is 5.87. The Labute approximate surface area is 140 Å². The predicted molar refractivity (Wildman–Crippen MR) is 91.0 cm³/mol. The van der Waals surface area contributed by atoms with Gasteiger partial charge in [0.05, 0.1) is 21.3 Å². The van der Waals surface area contributed by atoms with Gasteiger partial charge in [-0.25, -0.2) is 0 Å². The summed E-state index contributed by atoms with van der Waals surface area (Å²) >= 11 is 1.68. The smallest absolute Gasteiger partial charge is 0.251 e. The van der Waals surface area contributed by atoms with Gasteiger partial charge in [-0.3, -0.25) is 4.79 Å². The van der Waals surface area contributed by atoms with Gasteiger partial charge < -0.3 is 19.5 Å². The quantitative estimate of drug-likeness (QED) is 0.844. The largest absolute Gasteiger partial charge is 0.493 e. The van der Waals surface area contributed by atoms with Crippen LogP contribution in [0.2, 0.25) is 0 Å². The fourth-order valence-electron chi connectivity index (χ4n) is 2.30. The van der Waals surface area contributed by atoms with E-state index in [0.29, 0.717) is 22.8 Å². The predicted octanol–water partition coefficient (Wildman–Crippen LogP) is 3.13. The van der Waals surface area contributed by atoms with Gasteiger partial charge in [0, 0.05) is 22.9 Å². The van der Waals surface area contributed by atoms with Crippen LogP contribution in [0, 0.1) is 0 Å². The molecule has 0 aliphatic rings. The average Bonchev–Trinajstić information content (AvgIpc) is 3.05. The van der Waals surface area contributed by atoms with Crippen molar-refractivity contribution in [3.63, 3.8) is 0 Å². The molecule has 1 amide bonds. The Balaban J connectivity index is 2.15. The van der Waals surface area contributed by atoms with Crippen LogP contribution in [0.3, 0.4) is 0 Å². The highest BCUT2D eigenvalue weighted by Gasteiger charge is 2.18. The standard InChI is InChI=1S/C17H21NO4S/c1-11(8-13-6-5-7-23-13)18-17(19)12-9-14(20-2)16(22-4)15(10-12)21-3/h5-7,9-11H,8H2,1-4H3,(H,18,19). The molecule has 1 atom stereocenters. The molecule has 0 spiro atoms. The lowest BCUT2D eigenvalue weighted by Gasteiger charge is -2.16. The topological polar surface area (TPSA) is 56.8 Å². The highest BCUT2D eigenvalue weighted by atomic mass is 32.1. The lowest BCUT2D eigenvalue weighted by molar-refractivity contribution is 0.0939. The van der Waals surface area contributed by atoms with Crippen molar-refractivity contribution in [2.24, 2.45) is 0 Å². The zero-order valence-corrected chi connectivity index (χ0v) is 14.5. The molecule has 1 aromatic carbocycles. The summed E-state index contributed by atoms with van der Waals surface area (Å²) in [5.74, 6) is 1.22. The second-order valence-corrected chi connectivity index (χ2v) is 6.10. The summed E-state index contributed by atoms with van der Waals surface area (Å²) in [6, 6.07) is 7.39. The van der Waals surface area contributed by atoms with Crippen LogP contribution in [0.15, 0.2) is 29.6 Å². The lowest BCUT2D eigenvalue weighted by atomic mass is 10.1. The molecule has 1 heterocycles. The number of ether oxygens (including phenoxy) is 3. The van der Waals surface area contributed by atoms with Crippen molar-refractivity contribution >= 4 is 17.2 Å². The third-order valence-electron chi connectivity index (χ3n) is 3.39. The first-order chi connectivity index (χ1) is 11.1. The minimum Gasteiger partial charge on any atom is -0.493 e. The summed E-state index contributed by atoms with van der Waals surface area (Å²) < 4.78 is 15.8. The summed E-state index contributed by atoms with van der Waals surface area (Å²) in [7, 11) is 4.58. The van der Waals surface area contributed by atoms with Crippen LogP contribution in [0.25, 0.3) is 0 Å². The Bertz CT molecular complexity index is 630. The highest BCUT2D eigenvalue weighted by molar-refractivity contribution is 7.09. The molecule has 6 heteroatoms. The van der Waals surface area contributed by atoms with Crippen molar-refractivity contribution in [2.45, 2.75) is 19.4 Å². The number of rotatable bonds is 7. The van der Waals surface area contributed by atoms with Crippen LogP contribution in [0.1, 0.15) is 22.2 Å². The van der Waals surface area contributed by atoms with Crippen molar-refractivity contribution in [2.75, 3.05) is 21.3 Å². The molecular weight excluding hydrogens is 314 g/mol. The van der Waals surface area contributed by atoms with Gasteiger partial charge in [0.25, 0.3) is 5.91 Å². The molecule has 1 aromatic heterocycles. The number of hydrogen-bond acceptors (Lipinski definition) is 5. The van der Waals surface area contributed by atoms with Gasteiger partial charge >= 0.3 is 0 Å². The Morgan fingerprint density at radius 3 is 2.30 bits per heavy atom. The maximum absolute atomic E-state index is 12.5. The van der Waals surface area contributed by atoms with Gasteiger partial charge in [-0.2, -0.15) is 0 Å². The van der Waals surface area contributed by atoms with E-state index in [1.165, 1.54) is 26.2 Å². The molecular formula is C17H21NO4S. The van der Waals surface area contributed by atoms with Gasteiger partial charge in [0.2, 0.25) is 5.75 Å². The van der Waals surface area contributed by atoms with Crippen molar-refractivity contribution in [1.82, 2.24) is 5.32 Å². The van der Waals surface area contributed by atoms with Gasteiger partial charge in [-0.05, 0) is 30.5 Å². The highest BCUT2D eigenvalue weighted by Crippen LogP contribution is 2.38. The number of benzene rings is 1. The number of amides is 1. The van der Waals surface area contributed by atoms with E-state index < -0.39 is 0 Å². The SMILES string of the molecule is COc1cc(C(=O)NC(C)Cc2cccs2)cc(OC)c1OC.